The number of aromatic nitrogens is 1. The normalized spacial score (nSPS) is 24.6. The molecule has 7 nitrogen and oxygen atoms in total. The van der Waals surface area contributed by atoms with Crippen LogP contribution >= 0.6 is 0 Å². The first-order valence-corrected chi connectivity index (χ1v) is 15.5. The van der Waals surface area contributed by atoms with Crippen LogP contribution < -0.4 is 9.47 Å². The maximum atomic E-state index is 15.2. The lowest BCUT2D eigenvalue weighted by Crippen LogP contribution is -2.45. The predicted molar refractivity (Wildman–Crippen MR) is 160 cm³/mol. The van der Waals surface area contributed by atoms with E-state index in [1.807, 2.05) is 19.1 Å². The molecule has 2 aromatic carbocycles. The Bertz CT molecular complexity index is 1530. The fraction of sp³-hybridized carbons (Fsp3) is 0.486. The van der Waals surface area contributed by atoms with Gasteiger partial charge in [0.2, 0.25) is 5.88 Å². The van der Waals surface area contributed by atoms with Gasteiger partial charge in [-0.3, -0.25) is 9.69 Å². The molecule has 1 N–H and O–H groups in total. The number of hydrogen-bond donors (Lipinski definition) is 1. The highest BCUT2D eigenvalue weighted by Gasteiger charge is 2.44. The second kappa shape index (κ2) is 11.2. The monoisotopic (exact) mass is 586 g/mol. The Hall–Kier alpha value is -3.49. The Labute approximate surface area is 252 Å². The fourth-order valence-electron chi connectivity index (χ4n) is 7.37. The van der Waals surface area contributed by atoms with Gasteiger partial charge in [-0.05, 0) is 77.8 Å². The van der Waals surface area contributed by atoms with Crippen molar-refractivity contribution in [2.45, 2.75) is 69.6 Å². The molecule has 226 valence electrons. The molecule has 4 aliphatic rings. The lowest BCUT2D eigenvalue weighted by molar-refractivity contribution is -0.142. The van der Waals surface area contributed by atoms with E-state index in [0.717, 1.165) is 91.8 Å². The Morgan fingerprint density at radius 2 is 2.00 bits per heavy atom. The number of pyridine rings is 1. The Balaban J connectivity index is 1.19. The van der Waals surface area contributed by atoms with Gasteiger partial charge < -0.3 is 19.3 Å². The van der Waals surface area contributed by atoms with E-state index in [0.29, 0.717) is 23.9 Å². The topological polar surface area (TPSA) is 81.1 Å². The minimum absolute atomic E-state index is 0.00619. The number of benzene rings is 2. The van der Waals surface area contributed by atoms with Crippen LogP contribution in [0.4, 0.5) is 4.39 Å². The van der Waals surface area contributed by atoms with Crippen molar-refractivity contribution in [3.05, 3.63) is 76.7 Å². The van der Waals surface area contributed by atoms with Crippen molar-refractivity contribution < 1.29 is 28.5 Å². The molecule has 3 fully saturated rings. The number of hydrogen-bond acceptors (Lipinski definition) is 6. The van der Waals surface area contributed by atoms with Crippen LogP contribution in [0.15, 0.2) is 48.7 Å². The predicted octanol–water partition coefficient (Wildman–Crippen LogP) is 6.54. The van der Waals surface area contributed by atoms with Crippen LogP contribution in [-0.4, -0.2) is 53.4 Å². The highest BCUT2D eigenvalue weighted by atomic mass is 19.1. The number of rotatable bonds is 9. The molecular formula is C35H39FN2O5. The van der Waals surface area contributed by atoms with Gasteiger partial charge in [0, 0.05) is 37.7 Å². The molecule has 1 saturated carbocycles. The molecule has 0 amide bonds. The number of fused-ring (bicyclic) bond motifs is 1. The van der Waals surface area contributed by atoms with E-state index in [4.69, 9.17) is 14.2 Å². The van der Waals surface area contributed by atoms with E-state index >= 15 is 4.39 Å². The molecule has 4 atom stereocenters. The lowest BCUT2D eigenvalue weighted by Gasteiger charge is -2.38. The molecule has 43 heavy (non-hydrogen) atoms. The van der Waals surface area contributed by atoms with Gasteiger partial charge in [0.15, 0.2) is 0 Å². The summed E-state index contributed by atoms with van der Waals surface area (Å²) in [5.41, 5.74) is 5.58. The number of aliphatic carboxylic acids is 1. The fourth-order valence-corrected chi connectivity index (χ4v) is 7.37. The molecule has 0 radical (unpaired) electrons. The number of carboxylic acids is 1. The minimum Gasteiger partial charge on any atom is -0.485 e. The third kappa shape index (κ3) is 5.51. The third-order valence-corrected chi connectivity index (χ3v) is 10.1. The van der Waals surface area contributed by atoms with Gasteiger partial charge in [-0.25, -0.2) is 9.37 Å². The number of methoxy groups -OCH3 is 1. The van der Waals surface area contributed by atoms with Crippen LogP contribution in [0.5, 0.6) is 11.6 Å². The van der Waals surface area contributed by atoms with Gasteiger partial charge in [-0.15, -0.1) is 0 Å². The summed E-state index contributed by atoms with van der Waals surface area (Å²) in [7, 11) is 1.54. The zero-order valence-electron chi connectivity index (χ0n) is 24.9. The van der Waals surface area contributed by atoms with Gasteiger partial charge in [-0.2, -0.15) is 0 Å². The van der Waals surface area contributed by atoms with E-state index < -0.39 is 11.9 Å². The molecule has 1 spiro atoms. The Morgan fingerprint density at radius 1 is 1.16 bits per heavy atom. The van der Waals surface area contributed by atoms with Crippen LogP contribution in [0.25, 0.3) is 11.1 Å². The summed E-state index contributed by atoms with van der Waals surface area (Å²) in [6.07, 6.45) is 7.05. The van der Waals surface area contributed by atoms with Gasteiger partial charge in [-0.1, -0.05) is 37.3 Å². The molecular weight excluding hydrogens is 547 g/mol. The number of likely N-dealkylation sites (tertiary alicyclic amines) is 1. The zero-order chi connectivity index (χ0) is 29.7. The summed E-state index contributed by atoms with van der Waals surface area (Å²) in [6.45, 7) is 5.15. The van der Waals surface area contributed by atoms with Crippen molar-refractivity contribution in [3.63, 3.8) is 0 Å². The molecule has 3 unspecified atom stereocenters. The average molecular weight is 587 g/mol. The minimum atomic E-state index is -0.753. The molecule has 4 heterocycles. The summed E-state index contributed by atoms with van der Waals surface area (Å²) >= 11 is 0. The summed E-state index contributed by atoms with van der Waals surface area (Å²) in [5.74, 6) is 0.0510. The quantitative estimate of drug-likeness (QED) is 0.305. The van der Waals surface area contributed by atoms with Crippen molar-refractivity contribution in [2.24, 2.45) is 11.8 Å². The summed E-state index contributed by atoms with van der Waals surface area (Å²) < 4.78 is 33.1. The maximum absolute atomic E-state index is 15.2. The number of carbonyl (C=O) groups is 1. The standard InChI is InChI=1S/C35H39FN2O5/c1-21(34(39)40)33(23-4-5-23)25-6-3-22-8-10-30(43-31(22)16-25)24-7-9-27(28-17-32(41-2)37-18-29(28)36)26(15-24)19-38-13-11-35(20-38)12-14-42-35/h3,6-7,9,15-18,21,23,30,33H,4-5,8,10-14,19-20H2,1-2H3,(H,39,40)/t21-,30?,33?,35?/m0/s1. The first kappa shape index (κ1) is 28.3. The van der Waals surface area contributed by atoms with E-state index in [1.54, 1.807) is 6.07 Å². The van der Waals surface area contributed by atoms with Crippen molar-refractivity contribution in [1.82, 2.24) is 9.88 Å². The van der Waals surface area contributed by atoms with Gasteiger partial charge in [0.1, 0.15) is 17.7 Å². The molecule has 1 aromatic heterocycles. The van der Waals surface area contributed by atoms with Crippen LogP contribution in [0, 0.1) is 17.7 Å². The molecule has 7 rings (SSSR count). The number of aryl methyl sites for hydroxylation is 1. The number of nitrogens with zero attached hydrogens (tertiary/aromatic N) is 2. The van der Waals surface area contributed by atoms with Crippen molar-refractivity contribution in [2.75, 3.05) is 26.8 Å². The molecule has 0 bridgehead atoms. The van der Waals surface area contributed by atoms with Crippen LogP contribution in [0.1, 0.15) is 73.3 Å². The van der Waals surface area contributed by atoms with E-state index in [-0.39, 0.29) is 23.4 Å². The Kier molecular flexibility index (Phi) is 7.38. The van der Waals surface area contributed by atoms with Crippen LogP contribution in [0.2, 0.25) is 0 Å². The molecule has 2 saturated heterocycles. The summed E-state index contributed by atoms with van der Waals surface area (Å²) in [4.78, 5) is 18.3. The first-order valence-electron chi connectivity index (χ1n) is 15.5. The first-order chi connectivity index (χ1) is 20.8. The molecule has 3 aliphatic heterocycles. The summed E-state index contributed by atoms with van der Waals surface area (Å²) in [5, 5.41) is 9.77. The third-order valence-electron chi connectivity index (χ3n) is 10.1. The van der Waals surface area contributed by atoms with Gasteiger partial charge in [0.05, 0.1) is 31.4 Å². The number of ether oxygens (including phenoxy) is 3. The zero-order valence-corrected chi connectivity index (χ0v) is 24.9. The number of carboxylic acid groups (broad SMARTS) is 1. The molecule has 8 heteroatoms. The maximum Gasteiger partial charge on any atom is 0.306 e. The molecule has 3 aromatic rings. The lowest BCUT2D eigenvalue weighted by atomic mass is 9.82. The molecule has 1 aliphatic carbocycles. The van der Waals surface area contributed by atoms with Crippen LogP contribution in [0.3, 0.4) is 0 Å². The SMILES string of the molecule is COc1cc(-c2ccc(C3CCc4ccc(C(C5CC5)[C@H](C)C(=O)O)cc4O3)cc2CN2CCC3(CCO3)C2)c(F)cn1. The second-order valence-electron chi connectivity index (χ2n) is 12.9. The van der Waals surface area contributed by atoms with Crippen LogP contribution in [-0.2, 0) is 22.5 Å². The highest BCUT2D eigenvalue weighted by Crippen LogP contribution is 2.48. The second-order valence-corrected chi connectivity index (χ2v) is 12.9. The van der Waals surface area contributed by atoms with Gasteiger partial charge >= 0.3 is 5.97 Å². The van der Waals surface area contributed by atoms with E-state index in [1.165, 1.54) is 13.3 Å². The van der Waals surface area contributed by atoms with E-state index in [2.05, 4.69) is 34.1 Å². The number of halogens is 1. The highest BCUT2D eigenvalue weighted by molar-refractivity contribution is 5.71. The average Bonchev–Trinajstić information content (AvgIpc) is 3.73. The van der Waals surface area contributed by atoms with E-state index in [9.17, 15) is 9.90 Å². The van der Waals surface area contributed by atoms with Gasteiger partial charge in [0.25, 0.3) is 0 Å². The Morgan fingerprint density at radius 3 is 2.70 bits per heavy atom. The largest absolute Gasteiger partial charge is 0.485 e. The smallest absolute Gasteiger partial charge is 0.306 e. The van der Waals surface area contributed by atoms with Crippen molar-refractivity contribution >= 4 is 5.97 Å². The van der Waals surface area contributed by atoms with Crippen molar-refractivity contribution in [1.29, 1.82) is 0 Å². The summed E-state index contributed by atoms with van der Waals surface area (Å²) in [6, 6.07) is 14.2. The van der Waals surface area contributed by atoms with Crippen molar-refractivity contribution in [3.8, 4) is 22.8 Å².